The second-order valence-corrected chi connectivity index (χ2v) is 16.9. The van der Waals surface area contributed by atoms with Crippen LogP contribution in [0.3, 0.4) is 0 Å². The van der Waals surface area contributed by atoms with Crippen LogP contribution in [0.25, 0.3) is 0 Å². The fraction of sp³-hybridized carbons (Fsp3) is 0.149. The van der Waals surface area contributed by atoms with E-state index in [4.69, 9.17) is 27.3 Å². The Hall–Kier alpha value is -6.98. The second-order valence-electron chi connectivity index (χ2n) is 13.7. The van der Waals surface area contributed by atoms with Gasteiger partial charge in [-0.2, -0.15) is 16.8 Å². The molecule has 0 radical (unpaired) electrons. The minimum absolute atomic E-state index is 0.0285. The van der Waals surface area contributed by atoms with Gasteiger partial charge in [0.05, 0.1) is 32.0 Å². The Morgan fingerprint density at radius 1 is 0.381 bits per heavy atom. The maximum atomic E-state index is 14.1. The van der Waals surface area contributed by atoms with E-state index in [1.54, 1.807) is 37.3 Å². The monoisotopic (exact) mass is 892 g/mol. The second kappa shape index (κ2) is 21.2. The summed E-state index contributed by atoms with van der Waals surface area (Å²) in [6, 6.07) is 42.5. The van der Waals surface area contributed by atoms with Crippen molar-refractivity contribution in [2.24, 2.45) is 0 Å². The number of benzene rings is 6. The van der Waals surface area contributed by atoms with Gasteiger partial charge in [0.2, 0.25) is 0 Å². The zero-order chi connectivity index (χ0) is 44.8. The molecule has 6 rings (SSSR count). The van der Waals surface area contributed by atoms with Crippen LogP contribution in [0.2, 0.25) is 0 Å². The maximum absolute atomic E-state index is 14.1. The first kappa shape index (κ1) is 45.5. The molecule has 0 aliphatic carbocycles. The van der Waals surface area contributed by atoms with Gasteiger partial charge >= 0.3 is 23.9 Å². The lowest BCUT2D eigenvalue weighted by Gasteiger charge is -2.35. The first-order chi connectivity index (χ1) is 30.3. The molecule has 0 aromatic heterocycles. The standard InChI is InChI=1S/C47H40O14S2/c1-33-27-29-39(30-28-33)63(54,55)57-32-41(59-45(49)35-19-9-3-10-20-35)43(61-47(51)37-23-13-5-14-24-37)42(60-46(50)36-21-11-4-12-22-36)40(58-44(48)34-17-7-2-8-18-34)31-56-62(52,53)38-25-15-6-16-26-38/h2-30,40-43H,31-32H2,1H3/t40-,41-,42-,43-/m0/s1. The van der Waals surface area contributed by atoms with Crippen molar-refractivity contribution < 1.29 is 63.3 Å². The van der Waals surface area contributed by atoms with Crippen LogP contribution in [0.5, 0.6) is 0 Å². The van der Waals surface area contributed by atoms with Gasteiger partial charge in [0.1, 0.15) is 13.2 Å². The summed E-state index contributed by atoms with van der Waals surface area (Å²) in [6.07, 6.45) is -8.29. The molecule has 6 aromatic carbocycles. The van der Waals surface area contributed by atoms with E-state index in [-0.39, 0.29) is 32.0 Å². The van der Waals surface area contributed by atoms with Crippen LogP contribution in [0.4, 0.5) is 0 Å². The van der Waals surface area contributed by atoms with Crippen molar-refractivity contribution in [2.75, 3.05) is 13.2 Å². The van der Waals surface area contributed by atoms with Crippen LogP contribution in [-0.4, -0.2) is 78.3 Å². The van der Waals surface area contributed by atoms with Crippen molar-refractivity contribution in [3.8, 4) is 0 Å². The Kier molecular flexibility index (Phi) is 15.3. The van der Waals surface area contributed by atoms with Crippen LogP contribution in [-0.2, 0) is 47.5 Å². The number of rotatable bonds is 19. The predicted molar refractivity (Wildman–Crippen MR) is 226 cm³/mol. The van der Waals surface area contributed by atoms with E-state index < -0.39 is 81.7 Å². The molecule has 14 nitrogen and oxygen atoms in total. The Morgan fingerprint density at radius 3 is 0.968 bits per heavy atom. The zero-order valence-electron chi connectivity index (χ0n) is 33.5. The molecule has 4 atom stereocenters. The summed E-state index contributed by atoms with van der Waals surface area (Å²) in [4.78, 5) is 55.4. The first-order valence-corrected chi connectivity index (χ1v) is 22.1. The van der Waals surface area contributed by atoms with E-state index in [9.17, 15) is 36.0 Å². The Morgan fingerprint density at radius 2 is 0.651 bits per heavy atom. The molecule has 0 heterocycles. The smallest absolute Gasteiger partial charge is 0.338 e. The minimum Gasteiger partial charge on any atom is -0.452 e. The lowest BCUT2D eigenvalue weighted by molar-refractivity contribution is -0.133. The van der Waals surface area contributed by atoms with Crippen molar-refractivity contribution in [1.29, 1.82) is 0 Å². The molecule has 324 valence electrons. The molecule has 0 saturated heterocycles. The van der Waals surface area contributed by atoms with Crippen LogP contribution in [0, 0.1) is 6.92 Å². The lowest BCUT2D eigenvalue weighted by atomic mass is 10.0. The van der Waals surface area contributed by atoms with Crippen molar-refractivity contribution in [3.63, 3.8) is 0 Å². The van der Waals surface area contributed by atoms with E-state index >= 15 is 0 Å². The summed E-state index contributed by atoms with van der Waals surface area (Å²) in [6.45, 7) is -0.415. The third-order valence-electron chi connectivity index (χ3n) is 9.21. The summed E-state index contributed by atoms with van der Waals surface area (Å²) in [5.74, 6) is -4.33. The summed E-state index contributed by atoms with van der Waals surface area (Å²) in [5.41, 5.74) is 0.570. The molecule has 0 amide bonds. The van der Waals surface area contributed by atoms with Gasteiger partial charge < -0.3 is 18.9 Å². The Bertz CT molecular complexity index is 2680. The summed E-state index contributed by atoms with van der Waals surface area (Å²) in [7, 11) is -9.27. The Labute approximate surface area is 364 Å². The van der Waals surface area contributed by atoms with Gasteiger partial charge in [-0.15, -0.1) is 0 Å². The molecule has 16 heteroatoms. The van der Waals surface area contributed by atoms with E-state index in [1.807, 2.05) is 0 Å². The highest BCUT2D eigenvalue weighted by Gasteiger charge is 2.46. The predicted octanol–water partition coefficient (Wildman–Crippen LogP) is 7.01. The number of carbonyl (C=O) groups excluding carboxylic acids is 4. The highest BCUT2D eigenvalue weighted by atomic mass is 32.2. The van der Waals surface area contributed by atoms with E-state index in [2.05, 4.69) is 0 Å². The topological polar surface area (TPSA) is 192 Å². The van der Waals surface area contributed by atoms with Crippen LogP contribution >= 0.6 is 0 Å². The number of carbonyl (C=O) groups is 4. The molecule has 0 N–H and O–H groups in total. The fourth-order valence-electron chi connectivity index (χ4n) is 5.93. The minimum atomic E-state index is -4.64. The van der Waals surface area contributed by atoms with Gasteiger partial charge in [0.25, 0.3) is 20.2 Å². The molecule has 0 unspecified atom stereocenters. The summed E-state index contributed by atoms with van der Waals surface area (Å²) >= 11 is 0. The third kappa shape index (κ3) is 12.5. The van der Waals surface area contributed by atoms with E-state index in [1.165, 1.54) is 146 Å². The largest absolute Gasteiger partial charge is 0.452 e. The first-order valence-electron chi connectivity index (χ1n) is 19.3. The summed E-state index contributed by atoms with van der Waals surface area (Å²) in [5, 5.41) is 0. The van der Waals surface area contributed by atoms with Crippen LogP contribution < -0.4 is 0 Å². The van der Waals surface area contributed by atoms with Gasteiger partial charge in [-0.3, -0.25) is 8.37 Å². The highest BCUT2D eigenvalue weighted by Crippen LogP contribution is 2.26. The van der Waals surface area contributed by atoms with Crippen molar-refractivity contribution in [1.82, 2.24) is 0 Å². The molecule has 0 saturated carbocycles. The van der Waals surface area contributed by atoms with Gasteiger partial charge in [0.15, 0.2) is 24.4 Å². The van der Waals surface area contributed by atoms with Gasteiger partial charge in [-0.1, -0.05) is 109 Å². The van der Waals surface area contributed by atoms with E-state index in [0.29, 0.717) is 0 Å². The van der Waals surface area contributed by atoms with Gasteiger partial charge in [0, 0.05) is 0 Å². The zero-order valence-corrected chi connectivity index (χ0v) is 35.1. The third-order valence-corrected chi connectivity index (χ3v) is 11.8. The summed E-state index contributed by atoms with van der Waals surface area (Å²) < 4.78 is 89.4. The molecule has 6 aromatic rings. The molecule has 63 heavy (non-hydrogen) atoms. The highest BCUT2D eigenvalue weighted by molar-refractivity contribution is 7.87. The normalized spacial score (nSPS) is 13.3. The lowest BCUT2D eigenvalue weighted by Crippen LogP contribution is -2.54. The molecule has 0 aliphatic heterocycles. The average Bonchev–Trinajstić information content (AvgIpc) is 3.31. The van der Waals surface area contributed by atoms with Crippen LogP contribution in [0.15, 0.2) is 186 Å². The SMILES string of the molecule is Cc1ccc(S(=O)(=O)OC[C@H](OC(=O)c2ccccc2)[C@H](OC(=O)c2ccccc2)[C@@H](OC(=O)c2ccccc2)[C@H](COS(=O)(=O)c2ccccc2)OC(=O)c2ccccc2)cc1. The van der Waals surface area contributed by atoms with Gasteiger partial charge in [-0.25, -0.2) is 19.2 Å². The van der Waals surface area contributed by atoms with Gasteiger partial charge in [-0.05, 0) is 79.7 Å². The molecule has 0 bridgehead atoms. The number of aryl methyl sites for hydroxylation is 1. The molecule has 0 aliphatic rings. The van der Waals surface area contributed by atoms with Crippen molar-refractivity contribution in [3.05, 3.63) is 204 Å². The number of hydrogen-bond acceptors (Lipinski definition) is 14. The molecule has 0 spiro atoms. The average molecular weight is 893 g/mol. The number of esters is 4. The molecule has 0 fully saturated rings. The number of hydrogen-bond donors (Lipinski definition) is 0. The maximum Gasteiger partial charge on any atom is 0.338 e. The quantitative estimate of drug-likeness (QED) is 0.0458. The molecular weight excluding hydrogens is 853 g/mol. The van der Waals surface area contributed by atoms with Crippen LogP contribution in [0.1, 0.15) is 47.0 Å². The van der Waals surface area contributed by atoms with Crippen molar-refractivity contribution >= 4 is 44.1 Å². The molecular formula is C47H40O14S2. The van der Waals surface area contributed by atoms with E-state index in [0.717, 1.165) is 5.56 Å². The van der Waals surface area contributed by atoms with Crippen molar-refractivity contribution in [2.45, 2.75) is 41.1 Å². The number of ether oxygens (including phenoxy) is 4. The Balaban J connectivity index is 1.52. The fourth-order valence-corrected chi connectivity index (χ4v) is 7.79.